The van der Waals surface area contributed by atoms with Crippen molar-refractivity contribution < 1.29 is 33.6 Å². The molecule has 0 unspecified atom stereocenters. The minimum absolute atomic E-state index is 0.120. The van der Waals surface area contributed by atoms with Crippen molar-refractivity contribution in [1.82, 2.24) is 74.1 Å². The van der Waals surface area contributed by atoms with Gasteiger partial charge in [0.05, 0.1) is 73.7 Å². The molecule has 4 fully saturated rings. The van der Waals surface area contributed by atoms with E-state index in [0.717, 1.165) is 161 Å². The molecule has 93 heavy (non-hydrogen) atoms. The number of rotatable bonds is 11. The number of nitrogen functional groups attached to an aromatic ring is 1. The van der Waals surface area contributed by atoms with Crippen LogP contribution < -0.4 is 20.3 Å². The van der Waals surface area contributed by atoms with E-state index >= 15 is 0 Å². The molecule has 0 amide bonds. The number of aromatic nitrogens is 14. The number of fused-ring (bicyclic) bond motifs is 7. The van der Waals surface area contributed by atoms with Gasteiger partial charge < -0.3 is 54.3 Å². The number of carboxylic acids is 1. The Morgan fingerprint density at radius 3 is 2.26 bits per heavy atom. The monoisotopic (exact) mass is 1250 g/mol. The first kappa shape index (κ1) is 58.7. The molecule has 13 aromatic rings. The molecule has 0 atom stereocenters. The van der Waals surface area contributed by atoms with Crippen molar-refractivity contribution in [2.24, 2.45) is 5.92 Å². The van der Waals surface area contributed by atoms with Gasteiger partial charge >= 0.3 is 5.97 Å². The first-order valence-electron chi connectivity index (χ1n) is 31.5. The van der Waals surface area contributed by atoms with E-state index in [1.807, 2.05) is 73.3 Å². The maximum Gasteiger partial charge on any atom is 0.306 e. The summed E-state index contributed by atoms with van der Waals surface area (Å²) in [7, 11) is 1.64. The van der Waals surface area contributed by atoms with Crippen molar-refractivity contribution in [2.75, 3.05) is 88.3 Å². The van der Waals surface area contributed by atoms with E-state index in [-0.39, 0.29) is 17.6 Å². The molecule has 3 aliphatic heterocycles. The SMILES string of the molecule is COc1cccc2cc(-c3nc(C4CCC(C(=O)O)CC4)n4ncnc(N)c34)[nH]c12.Oc1cccc(-c2nc(N3CCOCC3)c3oc4ncccc4c3n2)c1.c1cncc(CN2CCC(n3ncc4c(N5CCOCC5)nc(-c5ccc6[nH]ccc6c5)nc43)CC2)c1. The highest BCUT2D eigenvalue weighted by atomic mass is 16.5. The number of aromatic hydroxyl groups is 1. The molecular weight excluding hydrogens is 1180 g/mol. The number of anilines is 3. The lowest BCUT2D eigenvalue weighted by Gasteiger charge is -2.32. The van der Waals surface area contributed by atoms with E-state index in [1.54, 1.807) is 36.0 Å². The average molecular weight is 1250 g/mol. The number of hydrogen-bond acceptors (Lipinski definition) is 20. The van der Waals surface area contributed by atoms with Crippen LogP contribution in [0.3, 0.4) is 0 Å². The minimum atomic E-state index is -0.722. The summed E-state index contributed by atoms with van der Waals surface area (Å²) in [6.07, 6.45) is 15.7. The zero-order valence-electron chi connectivity index (χ0n) is 51.2. The van der Waals surface area contributed by atoms with E-state index in [0.29, 0.717) is 79.5 Å². The lowest BCUT2D eigenvalue weighted by Crippen LogP contribution is -2.37. The van der Waals surface area contributed by atoms with Crippen LogP contribution in [-0.2, 0) is 20.8 Å². The first-order valence-corrected chi connectivity index (χ1v) is 31.5. The van der Waals surface area contributed by atoms with E-state index < -0.39 is 5.97 Å². The highest BCUT2D eigenvalue weighted by Gasteiger charge is 2.32. The number of imidazole rings is 1. The van der Waals surface area contributed by atoms with Crippen molar-refractivity contribution in [3.8, 4) is 45.7 Å². The molecule has 0 spiro atoms. The molecule has 17 rings (SSSR count). The predicted molar refractivity (Wildman–Crippen MR) is 352 cm³/mol. The van der Waals surface area contributed by atoms with Crippen LogP contribution in [0, 0.1) is 5.92 Å². The van der Waals surface area contributed by atoms with Gasteiger partial charge in [-0.15, -0.1) is 0 Å². The van der Waals surface area contributed by atoms with Crippen molar-refractivity contribution in [3.05, 3.63) is 146 Å². The standard InChI is InChI=1S/C28H30N8O.C21H22N6O3.C19H16N4O3/c1-2-20(17-29-8-1)19-34-10-6-23(7-11-34)36-28-24(18-31-36)27(35-12-14-37-15-13-35)32-26(33-28)22-3-4-25-21(16-22)5-9-30-25;1-30-15-4-2-3-13-9-14(25-16(13)15)17-18-19(22)23-10-24-27(18)20(26-17)11-5-7-12(8-6-11)21(28)29;24-13-4-1-3-12(11-13)17-21-15-14-5-2-6-20-19(14)26-16(15)18(22-17)23-7-9-25-10-8-23/h1-5,8-9,16-18,23,30H,6-7,10-15,19H2;2-4,9-12,25H,5-8H2,1H3,(H,28,29)(H2,22,23,24);1-6,11,24H,7-10H2. The minimum Gasteiger partial charge on any atom is -0.508 e. The largest absolute Gasteiger partial charge is 0.508 e. The fourth-order valence-corrected chi connectivity index (χ4v) is 13.3. The smallest absolute Gasteiger partial charge is 0.306 e. The van der Waals surface area contributed by atoms with Crippen LogP contribution in [0.1, 0.15) is 61.9 Å². The number of morpholine rings is 2. The maximum absolute atomic E-state index is 11.3. The van der Waals surface area contributed by atoms with Crippen molar-refractivity contribution in [2.45, 2.75) is 57.0 Å². The van der Waals surface area contributed by atoms with Crippen LogP contribution in [0.25, 0.3) is 94.7 Å². The van der Waals surface area contributed by atoms with Crippen LogP contribution in [0.15, 0.2) is 139 Å². The summed E-state index contributed by atoms with van der Waals surface area (Å²) in [6.45, 7) is 8.80. The number of phenolic OH excluding ortho intramolecular Hbond substituents is 1. The van der Waals surface area contributed by atoms with Gasteiger partial charge in [-0.2, -0.15) is 10.2 Å². The number of nitrogens with two attached hydrogens (primary N) is 1. The van der Waals surface area contributed by atoms with Gasteiger partial charge in [-0.05, 0) is 111 Å². The molecule has 6 N–H and O–H groups in total. The third-order valence-corrected chi connectivity index (χ3v) is 18.1. The molecule has 1 aliphatic carbocycles. The van der Waals surface area contributed by atoms with Crippen molar-refractivity contribution >= 4 is 84.0 Å². The number of nitrogens with zero attached hydrogens (tertiary/aromatic N) is 15. The van der Waals surface area contributed by atoms with Crippen LogP contribution in [0.2, 0.25) is 0 Å². The van der Waals surface area contributed by atoms with Gasteiger partial charge in [0.2, 0.25) is 5.71 Å². The number of phenols is 1. The number of hydrogen-bond donors (Lipinski definition) is 5. The van der Waals surface area contributed by atoms with Gasteiger partial charge in [0.25, 0.3) is 0 Å². The summed E-state index contributed by atoms with van der Waals surface area (Å²) < 4.78 is 26.4. The molecule has 13 heterocycles. The van der Waals surface area contributed by atoms with Gasteiger partial charge in [0.15, 0.2) is 34.5 Å². The first-order chi connectivity index (χ1) is 45.7. The summed E-state index contributed by atoms with van der Waals surface area (Å²) in [5.41, 5.74) is 16.2. The molecule has 3 aromatic carbocycles. The second kappa shape index (κ2) is 25.6. The Morgan fingerprint density at radius 2 is 1.48 bits per heavy atom. The molecular formula is C68H68N18O7. The molecule has 0 radical (unpaired) electrons. The highest BCUT2D eigenvalue weighted by Crippen LogP contribution is 2.41. The average Bonchev–Trinajstić information content (AvgIpc) is 1.65. The van der Waals surface area contributed by atoms with E-state index in [9.17, 15) is 15.0 Å². The molecule has 472 valence electrons. The van der Waals surface area contributed by atoms with Crippen molar-refractivity contribution in [3.63, 3.8) is 0 Å². The zero-order chi connectivity index (χ0) is 62.9. The lowest BCUT2D eigenvalue weighted by molar-refractivity contribution is -0.142. The number of para-hydroxylation sites is 1. The van der Waals surface area contributed by atoms with E-state index in [1.165, 1.54) is 11.9 Å². The maximum atomic E-state index is 11.3. The van der Waals surface area contributed by atoms with E-state index in [4.69, 9.17) is 54.4 Å². The van der Waals surface area contributed by atoms with Crippen LogP contribution >= 0.6 is 0 Å². The molecule has 25 heteroatoms. The second-order valence-electron chi connectivity index (χ2n) is 23.8. The van der Waals surface area contributed by atoms with Gasteiger partial charge in [0, 0.05) is 104 Å². The molecule has 4 aliphatic rings. The summed E-state index contributed by atoms with van der Waals surface area (Å²) in [4.78, 5) is 62.3. The second-order valence-corrected chi connectivity index (χ2v) is 23.8. The number of aliphatic carboxylic acids is 1. The number of benzene rings is 3. The number of aromatic amines is 2. The van der Waals surface area contributed by atoms with Crippen LogP contribution in [-0.4, -0.2) is 163 Å². The molecule has 10 aromatic heterocycles. The lowest BCUT2D eigenvalue weighted by atomic mass is 9.82. The number of ether oxygens (including phenoxy) is 3. The van der Waals surface area contributed by atoms with Crippen molar-refractivity contribution in [1.29, 1.82) is 0 Å². The molecule has 25 nitrogen and oxygen atoms in total. The summed E-state index contributed by atoms with van der Waals surface area (Å²) >= 11 is 0. The van der Waals surface area contributed by atoms with Gasteiger partial charge in [0.1, 0.15) is 46.2 Å². The van der Waals surface area contributed by atoms with Crippen LogP contribution in [0.4, 0.5) is 17.5 Å². The number of likely N-dealkylation sites (tertiary alicyclic amines) is 1. The Kier molecular flexibility index (Phi) is 16.1. The zero-order valence-corrected chi connectivity index (χ0v) is 51.2. The summed E-state index contributed by atoms with van der Waals surface area (Å²) in [5, 5.41) is 32.4. The molecule has 0 bridgehead atoms. The Balaban J connectivity index is 0.000000117. The highest BCUT2D eigenvalue weighted by molar-refractivity contribution is 6.05. The Hall–Kier alpha value is -10.6. The van der Waals surface area contributed by atoms with E-state index in [2.05, 4.69) is 79.7 Å². The van der Waals surface area contributed by atoms with Gasteiger partial charge in [-0.25, -0.2) is 44.1 Å². The van der Waals surface area contributed by atoms with Gasteiger partial charge in [-0.3, -0.25) is 14.7 Å². The fraction of sp³-hybridized carbons (Fsp3) is 0.309. The topological polar surface area (TPSA) is 304 Å². The molecule has 1 saturated carbocycles. The number of carboxylic acid groups (broad SMARTS) is 1. The normalized spacial score (nSPS) is 17.5. The number of pyridine rings is 2. The summed E-state index contributed by atoms with van der Waals surface area (Å²) in [5.74, 6) is 4.16. The number of H-pyrrole nitrogens is 2. The van der Waals surface area contributed by atoms with Crippen LogP contribution in [0.5, 0.6) is 11.5 Å². The Labute approximate surface area is 532 Å². The predicted octanol–water partition coefficient (Wildman–Crippen LogP) is 10.2. The third-order valence-electron chi connectivity index (χ3n) is 18.1. The number of furan rings is 1. The molecule has 3 saturated heterocycles. The third kappa shape index (κ3) is 11.8. The quantitative estimate of drug-likeness (QED) is 0.0804. The Bertz CT molecular complexity index is 4820. The fourth-order valence-electron chi connectivity index (χ4n) is 13.3. The summed E-state index contributed by atoms with van der Waals surface area (Å²) in [6, 6.07) is 31.5. The number of carbonyl (C=O) groups is 1. The number of piperidine rings is 1. The Morgan fingerprint density at radius 1 is 0.720 bits per heavy atom. The number of methoxy groups -OCH3 is 1. The van der Waals surface area contributed by atoms with Gasteiger partial charge in [-0.1, -0.05) is 30.3 Å². The number of nitrogens with one attached hydrogen (secondary N) is 2.